The van der Waals surface area contributed by atoms with E-state index >= 15 is 0 Å². The molecule has 0 unspecified atom stereocenters. The number of benzene rings is 2. The highest BCUT2D eigenvalue weighted by molar-refractivity contribution is 14.1. The van der Waals surface area contributed by atoms with Crippen molar-refractivity contribution in [1.29, 1.82) is 0 Å². The van der Waals surface area contributed by atoms with Gasteiger partial charge in [0.15, 0.2) is 0 Å². The SMILES string of the molecule is Nc1ccc2nc(-c3ccccc3I)sc2c1. The maximum absolute atomic E-state index is 5.78. The van der Waals surface area contributed by atoms with Crippen molar-refractivity contribution in [3.05, 3.63) is 46.0 Å². The highest BCUT2D eigenvalue weighted by atomic mass is 127. The standard InChI is InChI=1S/C13H9IN2S/c14-10-4-2-1-3-9(10)13-16-11-6-5-8(15)7-12(11)17-13/h1-7H,15H2. The Morgan fingerprint density at radius 3 is 2.76 bits per heavy atom. The van der Waals surface area contributed by atoms with Gasteiger partial charge in [-0.05, 0) is 46.9 Å². The number of hydrogen-bond donors (Lipinski definition) is 1. The fourth-order valence-electron chi connectivity index (χ4n) is 1.69. The molecule has 0 spiro atoms. The lowest BCUT2D eigenvalue weighted by molar-refractivity contribution is 1.46. The number of thiazole rings is 1. The molecule has 4 heteroatoms. The third kappa shape index (κ3) is 2.02. The van der Waals surface area contributed by atoms with Crippen molar-refractivity contribution >= 4 is 49.8 Å². The minimum absolute atomic E-state index is 0.787. The molecule has 17 heavy (non-hydrogen) atoms. The van der Waals surface area contributed by atoms with Crippen molar-refractivity contribution in [2.45, 2.75) is 0 Å². The summed E-state index contributed by atoms with van der Waals surface area (Å²) in [5.74, 6) is 0. The molecule has 2 N–H and O–H groups in total. The van der Waals surface area contributed by atoms with Crippen LogP contribution in [0.2, 0.25) is 0 Å². The van der Waals surface area contributed by atoms with Crippen molar-refractivity contribution < 1.29 is 0 Å². The third-order valence-corrected chi connectivity index (χ3v) is 4.51. The van der Waals surface area contributed by atoms with Crippen LogP contribution in [0, 0.1) is 3.57 Å². The zero-order valence-corrected chi connectivity index (χ0v) is 11.8. The first kappa shape index (κ1) is 11.0. The molecule has 0 radical (unpaired) electrons. The van der Waals surface area contributed by atoms with E-state index in [-0.39, 0.29) is 0 Å². The van der Waals surface area contributed by atoms with Gasteiger partial charge in [-0.2, -0.15) is 0 Å². The van der Waals surface area contributed by atoms with Gasteiger partial charge in [0.1, 0.15) is 5.01 Å². The summed E-state index contributed by atoms with van der Waals surface area (Å²) in [5.41, 5.74) is 8.77. The number of halogens is 1. The topological polar surface area (TPSA) is 38.9 Å². The Morgan fingerprint density at radius 2 is 1.94 bits per heavy atom. The number of aromatic nitrogens is 1. The van der Waals surface area contributed by atoms with E-state index in [9.17, 15) is 0 Å². The fourth-order valence-corrected chi connectivity index (χ4v) is 3.57. The van der Waals surface area contributed by atoms with Gasteiger partial charge in [0.05, 0.1) is 10.2 Å². The Balaban J connectivity index is 2.22. The van der Waals surface area contributed by atoms with E-state index < -0.39 is 0 Å². The van der Waals surface area contributed by atoms with E-state index in [0.717, 1.165) is 20.9 Å². The number of nitrogen functional groups attached to an aromatic ring is 1. The molecular formula is C13H9IN2S. The maximum Gasteiger partial charge on any atom is 0.125 e. The largest absolute Gasteiger partial charge is 0.399 e. The molecule has 84 valence electrons. The summed E-state index contributed by atoms with van der Waals surface area (Å²) in [7, 11) is 0. The molecule has 0 amide bonds. The van der Waals surface area contributed by atoms with Crippen LogP contribution in [0.1, 0.15) is 0 Å². The van der Waals surface area contributed by atoms with Crippen molar-refractivity contribution in [2.24, 2.45) is 0 Å². The molecule has 1 heterocycles. The number of nitrogens with zero attached hydrogens (tertiary/aromatic N) is 1. The second-order valence-electron chi connectivity index (χ2n) is 3.73. The minimum atomic E-state index is 0.787. The monoisotopic (exact) mass is 352 g/mol. The van der Waals surface area contributed by atoms with Crippen LogP contribution in [-0.4, -0.2) is 4.98 Å². The molecule has 0 saturated heterocycles. The average Bonchev–Trinajstić information content (AvgIpc) is 2.72. The van der Waals surface area contributed by atoms with E-state index in [2.05, 4.69) is 39.7 Å². The summed E-state index contributed by atoms with van der Waals surface area (Å²) in [5, 5.41) is 1.05. The van der Waals surface area contributed by atoms with Gasteiger partial charge in [-0.3, -0.25) is 0 Å². The van der Waals surface area contributed by atoms with Crippen molar-refractivity contribution in [2.75, 3.05) is 5.73 Å². The fraction of sp³-hybridized carbons (Fsp3) is 0. The van der Waals surface area contributed by atoms with Crippen LogP contribution in [0.4, 0.5) is 5.69 Å². The number of rotatable bonds is 1. The summed E-state index contributed by atoms with van der Waals surface area (Å²) in [6.07, 6.45) is 0. The van der Waals surface area contributed by atoms with Crippen LogP contribution in [0.3, 0.4) is 0 Å². The van der Waals surface area contributed by atoms with Crippen LogP contribution >= 0.6 is 33.9 Å². The number of hydrogen-bond acceptors (Lipinski definition) is 3. The van der Waals surface area contributed by atoms with E-state index in [4.69, 9.17) is 5.73 Å². The Hall–Kier alpha value is -1.14. The summed E-state index contributed by atoms with van der Waals surface area (Å²) in [6.45, 7) is 0. The zero-order chi connectivity index (χ0) is 11.8. The van der Waals surface area contributed by atoms with Crippen LogP contribution in [0.25, 0.3) is 20.8 Å². The lowest BCUT2D eigenvalue weighted by Crippen LogP contribution is -1.81. The average molecular weight is 352 g/mol. The van der Waals surface area contributed by atoms with E-state index in [1.165, 1.54) is 9.13 Å². The molecule has 0 aliphatic heterocycles. The summed E-state index contributed by atoms with van der Waals surface area (Å²) in [6, 6.07) is 14.1. The van der Waals surface area contributed by atoms with Crippen LogP contribution < -0.4 is 5.73 Å². The van der Waals surface area contributed by atoms with Crippen LogP contribution in [-0.2, 0) is 0 Å². The molecule has 2 nitrogen and oxygen atoms in total. The van der Waals surface area contributed by atoms with Gasteiger partial charge in [0.25, 0.3) is 0 Å². The zero-order valence-electron chi connectivity index (χ0n) is 8.85. The van der Waals surface area contributed by atoms with Gasteiger partial charge >= 0.3 is 0 Å². The van der Waals surface area contributed by atoms with Gasteiger partial charge in [0, 0.05) is 14.8 Å². The van der Waals surface area contributed by atoms with Crippen molar-refractivity contribution in [3.8, 4) is 10.6 Å². The van der Waals surface area contributed by atoms with Crippen LogP contribution in [0.15, 0.2) is 42.5 Å². The molecule has 1 aromatic heterocycles. The molecular weight excluding hydrogens is 343 g/mol. The highest BCUT2D eigenvalue weighted by Gasteiger charge is 2.08. The summed E-state index contributed by atoms with van der Waals surface area (Å²) in [4.78, 5) is 4.64. The molecule has 0 atom stereocenters. The first-order valence-electron chi connectivity index (χ1n) is 5.15. The third-order valence-electron chi connectivity index (χ3n) is 2.52. The molecule has 0 saturated carbocycles. The molecule has 0 aliphatic rings. The quantitative estimate of drug-likeness (QED) is 0.528. The Morgan fingerprint density at radius 1 is 1.12 bits per heavy atom. The lowest BCUT2D eigenvalue weighted by atomic mass is 10.2. The van der Waals surface area contributed by atoms with Gasteiger partial charge in [-0.15, -0.1) is 11.3 Å². The number of fused-ring (bicyclic) bond motifs is 1. The predicted molar refractivity (Wildman–Crippen MR) is 82.2 cm³/mol. The van der Waals surface area contributed by atoms with Gasteiger partial charge in [-0.25, -0.2) is 4.98 Å². The first-order chi connectivity index (χ1) is 8.24. The summed E-state index contributed by atoms with van der Waals surface area (Å²) >= 11 is 4.02. The minimum Gasteiger partial charge on any atom is -0.399 e. The molecule has 2 aromatic carbocycles. The van der Waals surface area contributed by atoms with E-state index in [1.807, 2.05) is 30.3 Å². The Kier molecular flexibility index (Phi) is 2.76. The Labute approximate surface area is 117 Å². The molecule has 3 rings (SSSR count). The maximum atomic E-state index is 5.78. The van der Waals surface area contributed by atoms with E-state index in [0.29, 0.717) is 0 Å². The predicted octanol–water partition coefficient (Wildman–Crippen LogP) is 4.15. The van der Waals surface area contributed by atoms with Gasteiger partial charge in [0.2, 0.25) is 0 Å². The number of anilines is 1. The smallest absolute Gasteiger partial charge is 0.125 e. The number of nitrogens with two attached hydrogens (primary N) is 1. The van der Waals surface area contributed by atoms with Crippen LogP contribution in [0.5, 0.6) is 0 Å². The van der Waals surface area contributed by atoms with Gasteiger partial charge in [-0.1, -0.05) is 18.2 Å². The van der Waals surface area contributed by atoms with E-state index in [1.54, 1.807) is 11.3 Å². The summed E-state index contributed by atoms with van der Waals surface area (Å²) < 4.78 is 2.36. The second-order valence-corrected chi connectivity index (χ2v) is 5.92. The Bertz CT molecular complexity index is 691. The molecule has 0 bridgehead atoms. The van der Waals surface area contributed by atoms with Gasteiger partial charge < -0.3 is 5.73 Å². The molecule has 0 fully saturated rings. The van der Waals surface area contributed by atoms with Crippen molar-refractivity contribution in [1.82, 2.24) is 4.98 Å². The molecule has 3 aromatic rings. The normalized spacial score (nSPS) is 10.9. The first-order valence-corrected chi connectivity index (χ1v) is 7.04. The highest BCUT2D eigenvalue weighted by Crippen LogP contribution is 2.33. The molecule has 0 aliphatic carbocycles. The second kappa shape index (κ2) is 4.27. The lowest BCUT2D eigenvalue weighted by Gasteiger charge is -1.97. The van der Waals surface area contributed by atoms with Crippen molar-refractivity contribution in [3.63, 3.8) is 0 Å².